The van der Waals surface area contributed by atoms with E-state index in [0.717, 1.165) is 9.99 Å². The predicted octanol–water partition coefficient (Wildman–Crippen LogP) is 0.350. The Labute approximate surface area is 113 Å². The van der Waals surface area contributed by atoms with E-state index in [1.807, 2.05) is 0 Å². The molecule has 0 radical (unpaired) electrons. The van der Waals surface area contributed by atoms with Crippen molar-refractivity contribution in [3.63, 3.8) is 0 Å². The van der Waals surface area contributed by atoms with Crippen LogP contribution in [0.2, 0.25) is 0 Å². The average molecular weight is 285 g/mol. The summed E-state index contributed by atoms with van der Waals surface area (Å²) < 4.78 is 24.1. The summed E-state index contributed by atoms with van der Waals surface area (Å²) in [5, 5.41) is 5.53. The average Bonchev–Trinajstić information content (AvgIpc) is 2.38. The number of benzene rings is 1. The number of carbonyl (C=O) groups excluding carboxylic acids is 1. The van der Waals surface area contributed by atoms with Gasteiger partial charge in [-0.25, -0.2) is 12.7 Å². The van der Waals surface area contributed by atoms with E-state index in [-0.39, 0.29) is 18.2 Å². The molecular weight excluding hydrogens is 266 g/mol. The molecule has 1 aromatic carbocycles. The van der Waals surface area contributed by atoms with Gasteiger partial charge in [-0.3, -0.25) is 4.79 Å². The SMILES string of the molecule is CNc1ccc(C(=O)NCCS(=O)(=O)N(C)C)cc1. The lowest BCUT2D eigenvalue weighted by Gasteiger charge is -2.11. The van der Waals surface area contributed by atoms with Crippen molar-refractivity contribution < 1.29 is 13.2 Å². The van der Waals surface area contributed by atoms with Crippen molar-refractivity contribution in [2.75, 3.05) is 38.8 Å². The number of nitrogens with one attached hydrogen (secondary N) is 2. The zero-order valence-electron chi connectivity index (χ0n) is 11.3. The highest BCUT2D eigenvalue weighted by molar-refractivity contribution is 7.89. The zero-order chi connectivity index (χ0) is 14.5. The van der Waals surface area contributed by atoms with Crippen molar-refractivity contribution in [2.24, 2.45) is 0 Å². The van der Waals surface area contributed by atoms with E-state index in [1.54, 1.807) is 31.3 Å². The molecule has 0 saturated carbocycles. The number of carbonyl (C=O) groups is 1. The van der Waals surface area contributed by atoms with Crippen molar-refractivity contribution in [1.82, 2.24) is 9.62 Å². The maximum absolute atomic E-state index is 11.8. The summed E-state index contributed by atoms with van der Waals surface area (Å²) in [5.74, 6) is -0.392. The van der Waals surface area contributed by atoms with Crippen LogP contribution in [0.3, 0.4) is 0 Å². The Bertz CT molecular complexity index is 524. The van der Waals surface area contributed by atoms with Gasteiger partial charge in [0.2, 0.25) is 10.0 Å². The van der Waals surface area contributed by atoms with Crippen LogP contribution in [0.1, 0.15) is 10.4 Å². The van der Waals surface area contributed by atoms with Crippen LogP contribution >= 0.6 is 0 Å². The highest BCUT2D eigenvalue weighted by Gasteiger charge is 2.14. The second-order valence-electron chi connectivity index (χ2n) is 4.18. The fourth-order valence-corrected chi connectivity index (χ4v) is 2.09. The summed E-state index contributed by atoms with van der Waals surface area (Å²) >= 11 is 0. The quantitative estimate of drug-likeness (QED) is 0.790. The van der Waals surface area contributed by atoms with E-state index < -0.39 is 10.0 Å². The Balaban J connectivity index is 2.52. The van der Waals surface area contributed by atoms with E-state index in [2.05, 4.69) is 10.6 Å². The van der Waals surface area contributed by atoms with E-state index >= 15 is 0 Å². The Morgan fingerprint density at radius 2 is 1.79 bits per heavy atom. The summed E-state index contributed by atoms with van der Waals surface area (Å²) in [7, 11) is 1.45. The van der Waals surface area contributed by atoms with Gasteiger partial charge in [0.15, 0.2) is 0 Å². The first-order chi connectivity index (χ1) is 8.86. The largest absolute Gasteiger partial charge is 0.388 e. The molecule has 1 aromatic rings. The molecule has 0 spiro atoms. The van der Waals surface area contributed by atoms with E-state index in [1.165, 1.54) is 14.1 Å². The third kappa shape index (κ3) is 4.53. The smallest absolute Gasteiger partial charge is 0.251 e. The molecule has 106 valence electrons. The molecule has 7 heteroatoms. The molecule has 2 N–H and O–H groups in total. The van der Waals surface area contributed by atoms with Crippen LogP contribution in [0.5, 0.6) is 0 Å². The summed E-state index contributed by atoms with van der Waals surface area (Å²) in [6, 6.07) is 6.93. The van der Waals surface area contributed by atoms with Gasteiger partial charge in [-0.2, -0.15) is 0 Å². The maximum atomic E-state index is 11.8. The molecule has 1 amide bonds. The molecule has 6 nitrogen and oxygen atoms in total. The molecule has 0 saturated heterocycles. The van der Waals surface area contributed by atoms with Crippen molar-refractivity contribution in [2.45, 2.75) is 0 Å². The first kappa shape index (κ1) is 15.5. The highest BCUT2D eigenvalue weighted by atomic mass is 32.2. The molecule has 19 heavy (non-hydrogen) atoms. The van der Waals surface area contributed by atoms with Gasteiger partial charge < -0.3 is 10.6 Å². The maximum Gasteiger partial charge on any atom is 0.251 e. The van der Waals surface area contributed by atoms with E-state index in [0.29, 0.717) is 5.56 Å². The summed E-state index contributed by atoms with van der Waals surface area (Å²) in [6.45, 7) is 0.0904. The summed E-state index contributed by atoms with van der Waals surface area (Å²) in [5.41, 5.74) is 1.41. The molecule has 0 aliphatic heterocycles. The topological polar surface area (TPSA) is 78.5 Å². The van der Waals surface area contributed by atoms with Gasteiger partial charge in [-0.05, 0) is 24.3 Å². The number of hydrogen-bond acceptors (Lipinski definition) is 4. The fourth-order valence-electron chi connectivity index (χ4n) is 1.37. The molecule has 0 atom stereocenters. The number of rotatable bonds is 6. The normalized spacial score (nSPS) is 11.4. The lowest BCUT2D eigenvalue weighted by Crippen LogP contribution is -2.33. The molecule has 0 heterocycles. The Morgan fingerprint density at radius 1 is 1.21 bits per heavy atom. The standard InChI is InChI=1S/C12H19N3O3S/c1-13-11-6-4-10(5-7-11)12(16)14-8-9-19(17,18)15(2)3/h4-7,13H,8-9H2,1-3H3,(H,14,16). The second-order valence-corrected chi connectivity index (χ2v) is 6.48. The Kier molecular flexibility index (Phi) is 5.31. The van der Waals surface area contributed by atoms with Crippen LogP contribution in [0.25, 0.3) is 0 Å². The molecule has 0 unspecified atom stereocenters. The minimum atomic E-state index is -3.28. The van der Waals surface area contributed by atoms with Crippen LogP contribution in [-0.2, 0) is 10.0 Å². The van der Waals surface area contributed by atoms with Gasteiger partial charge in [-0.15, -0.1) is 0 Å². The number of nitrogens with zero attached hydrogens (tertiary/aromatic N) is 1. The zero-order valence-corrected chi connectivity index (χ0v) is 12.1. The van der Waals surface area contributed by atoms with Crippen LogP contribution in [-0.4, -0.2) is 52.1 Å². The Morgan fingerprint density at radius 3 is 2.26 bits per heavy atom. The highest BCUT2D eigenvalue weighted by Crippen LogP contribution is 2.08. The number of hydrogen-bond donors (Lipinski definition) is 2. The lowest BCUT2D eigenvalue weighted by atomic mass is 10.2. The van der Waals surface area contributed by atoms with Gasteiger partial charge in [0.25, 0.3) is 5.91 Å². The minimum Gasteiger partial charge on any atom is -0.388 e. The second kappa shape index (κ2) is 6.53. The third-order valence-corrected chi connectivity index (χ3v) is 4.47. The van der Waals surface area contributed by atoms with Crippen molar-refractivity contribution in [3.05, 3.63) is 29.8 Å². The third-order valence-electron chi connectivity index (χ3n) is 2.64. The van der Waals surface area contributed by atoms with Gasteiger partial charge in [0.1, 0.15) is 0 Å². The van der Waals surface area contributed by atoms with Gasteiger partial charge >= 0.3 is 0 Å². The van der Waals surface area contributed by atoms with Gasteiger partial charge in [-0.1, -0.05) is 0 Å². The predicted molar refractivity (Wildman–Crippen MR) is 75.8 cm³/mol. The van der Waals surface area contributed by atoms with E-state index in [9.17, 15) is 13.2 Å². The first-order valence-corrected chi connectivity index (χ1v) is 7.44. The molecule has 0 fully saturated rings. The molecule has 0 aliphatic carbocycles. The van der Waals surface area contributed by atoms with Gasteiger partial charge in [0, 0.05) is 38.9 Å². The van der Waals surface area contributed by atoms with Crippen LogP contribution in [0, 0.1) is 0 Å². The number of anilines is 1. The number of amides is 1. The molecule has 0 bridgehead atoms. The molecule has 0 aliphatic rings. The summed E-state index contributed by atoms with van der Waals surface area (Å²) in [4.78, 5) is 11.8. The van der Waals surface area contributed by atoms with Gasteiger partial charge in [0.05, 0.1) is 5.75 Å². The van der Waals surface area contributed by atoms with Crippen LogP contribution in [0.15, 0.2) is 24.3 Å². The van der Waals surface area contributed by atoms with Crippen molar-refractivity contribution in [1.29, 1.82) is 0 Å². The number of sulfonamides is 1. The van der Waals surface area contributed by atoms with Crippen LogP contribution in [0.4, 0.5) is 5.69 Å². The minimum absolute atomic E-state index is 0.0904. The lowest BCUT2D eigenvalue weighted by molar-refractivity contribution is 0.0956. The van der Waals surface area contributed by atoms with Crippen molar-refractivity contribution >= 4 is 21.6 Å². The van der Waals surface area contributed by atoms with Crippen LogP contribution < -0.4 is 10.6 Å². The molecular formula is C12H19N3O3S. The first-order valence-electron chi connectivity index (χ1n) is 5.83. The van der Waals surface area contributed by atoms with Crippen molar-refractivity contribution in [3.8, 4) is 0 Å². The monoisotopic (exact) mass is 285 g/mol. The molecule has 0 aromatic heterocycles. The molecule has 1 rings (SSSR count). The van der Waals surface area contributed by atoms with E-state index in [4.69, 9.17) is 0 Å². The fraction of sp³-hybridized carbons (Fsp3) is 0.417. The Hall–Kier alpha value is -1.60. The summed E-state index contributed by atoms with van der Waals surface area (Å²) in [6.07, 6.45) is 0.